The highest BCUT2D eigenvalue weighted by molar-refractivity contribution is 6.34. The van der Waals surface area contributed by atoms with Gasteiger partial charge in [-0.05, 0) is 31.0 Å². The normalized spacial score (nSPS) is 18.3. The molecule has 1 aromatic heterocycles. The van der Waals surface area contributed by atoms with Crippen LogP contribution in [0.3, 0.4) is 0 Å². The standard InChI is InChI=1S/C22H20ClF3N4O/c1-12-6-8-14(9-7-12)17-10-18(22(24,25)26)30-20(28-17)15(11-27-30)21(31)29-16-5-3-4-13(2)19(16)23/h3-9,11,17-18,28H,10H2,1-2H3,(H,29,31)/t17-,18+/m1/s1. The topological polar surface area (TPSA) is 59.0 Å². The van der Waals surface area contributed by atoms with E-state index < -0.39 is 24.2 Å². The Bertz CT molecular complexity index is 1120. The van der Waals surface area contributed by atoms with Crippen molar-refractivity contribution in [3.05, 3.63) is 75.9 Å². The molecule has 1 amide bonds. The SMILES string of the molecule is Cc1ccc([C@H]2C[C@@H](C(F)(F)F)n3ncc(C(=O)Nc4cccc(C)c4Cl)c3N2)cc1. The van der Waals surface area contributed by atoms with Gasteiger partial charge in [-0.25, -0.2) is 4.68 Å². The van der Waals surface area contributed by atoms with Crippen LogP contribution >= 0.6 is 11.6 Å². The van der Waals surface area contributed by atoms with Crippen molar-refractivity contribution >= 4 is 29.0 Å². The maximum Gasteiger partial charge on any atom is 0.410 e. The molecule has 2 N–H and O–H groups in total. The van der Waals surface area contributed by atoms with E-state index >= 15 is 0 Å². The summed E-state index contributed by atoms with van der Waals surface area (Å²) in [6, 6.07) is 9.96. The molecule has 31 heavy (non-hydrogen) atoms. The number of rotatable bonds is 3. The second kappa shape index (κ2) is 7.92. The highest BCUT2D eigenvalue weighted by Crippen LogP contribution is 2.44. The van der Waals surface area contributed by atoms with Crippen molar-refractivity contribution in [2.75, 3.05) is 10.6 Å². The number of hydrogen-bond donors (Lipinski definition) is 2. The molecule has 0 aliphatic carbocycles. The largest absolute Gasteiger partial charge is 0.410 e. The summed E-state index contributed by atoms with van der Waals surface area (Å²) in [4.78, 5) is 12.9. The molecule has 5 nitrogen and oxygen atoms in total. The Morgan fingerprint density at radius 3 is 2.58 bits per heavy atom. The van der Waals surface area contributed by atoms with Gasteiger partial charge in [0.2, 0.25) is 0 Å². The second-order valence-corrected chi connectivity index (χ2v) is 8.02. The third-order valence-corrected chi connectivity index (χ3v) is 5.90. The van der Waals surface area contributed by atoms with Gasteiger partial charge in [0.1, 0.15) is 11.4 Å². The molecular formula is C22H20ClF3N4O. The molecule has 0 unspecified atom stereocenters. The monoisotopic (exact) mass is 448 g/mol. The minimum Gasteiger partial charge on any atom is -0.363 e. The molecule has 0 saturated heterocycles. The Morgan fingerprint density at radius 2 is 1.90 bits per heavy atom. The van der Waals surface area contributed by atoms with E-state index in [0.29, 0.717) is 16.3 Å². The number of aryl methyl sites for hydroxylation is 2. The summed E-state index contributed by atoms with van der Waals surface area (Å²) in [5.41, 5.74) is 2.88. The van der Waals surface area contributed by atoms with Gasteiger partial charge >= 0.3 is 6.18 Å². The molecular weight excluding hydrogens is 429 g/mol. The number of aromatic nitrogens is 2. The Kier molecular flexibility index (Phi) is 5.43. The molecule has 0 fully saturated rings. The lowest BCUT2D eigenvalue weighted by molar-refractivity contribution is -0.173. The van der Waals surface area contributed by atoms with Crippen LogP contribution in [0.25, 0.3) is 0 Å². The van der Waals surface area contributed by atoms with E-state index in [4.69, 9.17) is 11.6 Å². The minimum absolute atomic E-state index is 0.0173. The minimum atomic E-state index is -4.51. The molecule has 2 aromatic carbocycles. The molecule has 2 heterocycles. The molecule has 1 aliphatic rings. The molecule has 0 radical (unpaired) electrons. The smallest absolute Gasteiger partial charge is 0.363 e. The van der Waals surface area contributed by atoms with Crippen molar-refractivity contribution in [1.29, 1.82) is 0 Å². The van der Waals surface area contributed by atoms with E-state index in [0.717, 1.165) is 22.0 Å². The van der Waals surface area contributed by atoms with Crippen LogP contribution in [0.15, 0.2) is 48.7 Å². The van der Waals surface area contributed by atoms with Gasteiger partial charge in [0, 0.05) is 6.42 Å². The first kappa shape index (κ1) is 21.2. The van der Waals surface area contributed by atoms with Gasteiger partial charge in [0.25, 0.3) is 5.91 Å². The van der Waals surface area contributed by atoms with E-state index in [1.165, 1.54) is 0 Å². The van der Waals surface area contributed by atoms with Crippen LogP contribution < -0.4 is 10.6 Å². The van der Waals surface area contributed by atoms with Gasteiger partial charge in [0.15, 0.2) is 6.04 Å². The number of halogens is 4. The quantitative estimate of drug-likeness (QED) is 0.511. The van der Waals surface area contributed by atoms with Crippen molar-refractivity contribution in [3.63, 3.8) is 0 Å². The highest BCUT2D eigenvalue weighted by Gasteiger charge is 2.47. The van der Waals surface area contributed by atoms with Gasteiger partial charge in [0.05, 0.1) is 22.9 Å². The van der Waals surface area contributed by atoms with Gasteiger partial charge in [-0.2, -0.15) is 18.3 Å². The number of nitrogens with zero attached hydrogens (tertiary/aromatic N) is 2. The third-order valence-electron chi connectivity index (χ3n) is 5.40. The van der Waals surface area contributed by atoms with E-state index in [1.807, 2.05) is 19.1 Å². The Labute approximate surface area is 182 Å². The predicted octanol–water partition coefficient (Wildman–Crippen LogP) is 6.07. The Hall–Kier alpha value is -3.00. The highest BCUT2D eigenvalue weighted by atomic mass is 35.5. The molecule has 162 valence electrons. The fourth-order valence-electron chi connectivity index (χ4n) is 3.68. The summed E-state index contributed by atoms with van der Waals surface area (Å²) in [6.45, 7) is 3.70. The first-order chi connectivity index (χ1) is 14.6. The van der Waals surface area contributed by atoms with Crippen molar-refractivity contribution in [2.24, 2.45) is 0 Å². The average Bonchev–Trinajstić information content (AvgIpc) is 3.14. The molecule has 1 aliphatic heterocycles. The molecule has 4 rings (SSSR count). The molecule has 2 atom stereocenters. The van der Waals surface area contributed by atoms with Crippen molar-refractivity contribution in [1.82, 2.24) is 9.78 Å². The van der Waals surface area contributed by atoms with Crippen molar-refractivity contribution in [3.8, 4) is 0 Å². The number of alkyl halides is 3. The van der Waals surface area contributed by atoms with Crippen LogP contribution in [0.5, 0.6) is 0 Å². The lowest BCUT2D eigenvalue weighted by Crippen LogP contribution is -2.36. The molecule has 3 aromatic rings. The number of anilines is 2. The zero-order valence-electron chi connectivity index (χ0n) is 16.8. The van der Waals surface area contributed by atoms with E-state index in [9.17, 15) is 18.0 Å². The number of hydrogen-bond acceptors (Lipinski definition) is 3. The Balaban J connectivity index is 1.70. The summed E-state index contributed by atoms with van der Waals surface area (Å²) in [7, 11) is 0. The first-order valence-electron chi connectivity index (χ1n) is 9.69. The number of fused-ring (bicyclic) bond motifs is 1. The lowest BCUT2D eigenvalue weighted by Gasteiger charge is -2.34. The number of benzene rings is 2. The maximum absolute atomic E-state index is 13.8. The van der Waals surface area contributed by atoms with Crippen molar-refractivity contribution in [2.45, 2.75) is 38.5 Å². The van der Waals surface area contributed by atoms with E-state index in [-0.39, 0.29) is 17.8 Å². The number of amides is 1. The van der Waals surface area contributed by atoms with Gasteiger partial charge in [-0.1, -0.05) is 53.6 Å². The fraction of sp³-hybridized carbons (Fsp3) is 0.273. The van der Waals surface area contributed by atoms with Gasteiger partial charge in [-0.15, -0.1) is 0 Å². The summed E-state index contributed by atoms with van der Waals surface area (Å²) < 4.78 is 42.3. The zero-order chi connectivity index (χ0) is 22.3. The fourth-order valence-corrected chi connectivity index (χ4v) is 3.85. The predicted molar refractivity (Wildman–Crippen MR) is 114 cm³/mol. The van der Waals surface area contributed by atoms with Gasteiger partial charge in [-0.3, -0.25) is 4.79 Å². The molecule has 0 saturated carbocycles. The summed E-state index contributed by atoms with van der Waals surface area (Å²) in [5.74, 6) is -0.563. The molecule has 0 bridgehead atoms. The second-order valence-electron chi connectivity index (χ2n) is 7.64. The van der Waals surface area contributed by atoms with Crippen LogP contribution in [0.1, 0.15) is 45.6 Å². The van der Waals surface area contributed by atoms with E-state index in [2.05, 4.69) is 15.7 Å². The maximum atomic E-state index is 13.8. The van der Waals surface area contributed by atoms with Crippen LogP contribution in [0.4, 0.5) is 24.7 Å². The third kappa shape index (κ3) is 4.12. The van der Waals surface area contributed by atoms with Crippen LogP contribution in [0, 0.1) is 13.8 Å². The number of carbonyl (C=O) groups excluding carboxylic acids is 1. The lowest BCUT2D eigenvalue weighted by atomic mass is 9.96. The average molecular weight is 449 g/mol. The van der Waals surface area contributed by atoms with Crippen LogP contribution in [-0.4, -0.2) is 21.9 Å². The van der Waals surface area contributed by atoms with Gasteiger partial charge < -0.3 is 10.6 Å². The number of carbonyl (C=O) groups is 1. The molecule has 9 heteroatoms. The zero-order valence-corrected chi connectivity index (χ0v) is 17.6. The summed E-state index contributed by atoms with van der Waals surface area (Å²) >= 11 is 6.24. The van der Waals surface area contributed by atoms with Crippen molar-refractivity contribution < 1.29 is 18.0 Å². The van der Waals surface area contributed by atoms with E-state index in [1.54, 1.807) is 37.3 Å². The molecule has 0 spiro atoms. The van der Waals surface area contributed by atoms with Crippen LogP contribution in [-0.2, 0) is 0 Å². The number of nitrogens with one attached hydrogen (secondary N) is 2. The Morgan fingerprint density at radius 1 is 1.19 bits per heavy atom. The summed E-state index contributed by atoms with van der Waals surface area (Å²) in [6.07, 6.45) is -3.59. The van der Waals surface area contributed by atoms with Crippen LogP contribution in [0.2, 0.25) is 5.02 Å². The summed E-state index contributed by atoms with van der Waals surface area (Å²) in [5, 5.41) is 10.0. The first-order valence-corrected chi connectivity index (χ1v) is 10.1.